The minimum absolute atomic E-state index is 0.0478. The van der Waals surface area contributed by atoms with E-state index in [-0.39, 0.29) is 17.9 Å². The van der Waals surface area contributed by atoms with Crippen LogP contribution in [0.3, 0.4) is 0 Å². The lowest BCUT2D eigenvalue weighted by molar-refractivity contribution is -0.133. The molecule has 0 aliphatic carbocycles. The lowest BCUT2D eigenvalue weighted by atomic mass is 9.94. The van der Waals surface area contributed by atoms with Gasteiger partial charge in [0, 0.05) is 37.8 Å². The molecule has 3 heterocycles. The van der Waals surface area contributed by atoms with E-state index in [2.05, 4.69) is 19.2 Å². The predicted molar refractivity (Wildman–Crippen MR) is 114 cm³/mol. The standard InChI is InChI=1S/C22H33N3O3S/c1-15-6-10-24(11-7-15)22(26)21-17(3)19-14-18(4-5-20(19)23-21)29(27,28)25-12-8-16(2)9-13-25/h4-5,14-17,21,23H,6-13H2,1-3H3. The Labute approximate surface area is 174 Å². The minimum Gasteiger partial charge on any atom is -0.373 e. The zero-order valence-electron chi connectivity index (χ0n) is 17.7. The fourth-order valence-corrected chi connectivity index (χ4v) is 6.26. The van der Waals surface area contributed by atoms with E-state index in [1.165, 1.54) is 0 Å². The zero-order valence-corrected chi connectivity index (χ0v) is 18.5. The van der Waals surface area contributed by atoms with Crippen LogP contribution in [0.2, 0.25) is 0 Å². The van der Waals surface area contributed by atoms with E-state index in [1.54, 1.807) is 16.4 Å². The Hall–Kier alpha value is -1.60. The van der Waals surface area contributed by atoms with Gasteiger partial charge in [0.2, 0.25) is 15.9 Å². The molecule has 3 aliphatic rings. The Morgan fingerprint density at radius 3 is 2.17 bits per heavy atom. The van der Waals surface area contributed by atoms with Crippen molar-refractivity contribution in [2.75, 3.05) is 31.5 Å². The highest BCUT2D eigenvalue weighted by Gasteiger charge is 2.38. The molecule has 3 aliphatic heterocycles. The number of carbonyl (C=O) groups is 1. The number of hydrogen-bond acceptors (Lipinski definition) is 4. The molecular weight excluding hydrogens is 386 g/mol. The van der Waals surface area contributed by atoms with Gasteiger partial charge >= 0.3 is 0 Å². The molecule has 0 radical (unpaired) electrons. The van der Waals surface area contributed by atoms with Gasteiger partial charge in [0.25, 0.3) is 0 Å². The van der Waals surface area contributed by atoms with Gasteiger partial charge in [-0.05, 0) is 61.3 Å². The number of piperidine rings is 2. The number of nitrogens with one attached hydrogen (secondary N) is 1. The van der Waals surface area contributed by atoms with Gasteiger partial charge in [-0.2, -0.15) is 4.31 Å². The van der Waals surface area contributed by atoms with Crippen LogP contribution in [-0.4, -0.2) is 55.8 Å². The van der Waals surface area contributed by atoms with Crippen molar-refractivity contribution >= 4 is 21.6 Å². The second kappa shape index (κ2) is 7.91. The van der Waals surface area contributed by atoms with Crippen molar-refractivity contribution in [3.05, 3.63) is 23.8 Å². The summed E-state index contributed by atoms with van der Waals surface area (Å²) >= 11 is 0. The van der Waals surface area contributed by atoms with Crippen LogP contribution >= 0.6 is 0 Å². The Morgan fingerprint density at radius 1 is 0.966 bits per heavy atom. The van der Waals surface area contributed by atoms with Crippen LogP contribution in [0.4, 0.5) is 5.69 Å². The van der Waals surface area contributed by atoms with Crippen molar-refractivity contribution in [3.63, 3.8) is 0 Å². The van der Waals surface area contributed by atoms with Gasteiger partial charge in [0.05, 0.1) is 4.90 Å². The van der Waals surface area contributed by atoms with Crippen LogP contribution in [-0.2, 0) is 14.8 Å². The molecule has 0 aromatic heterocycles. The SMILES string of the molecule is CC1CCN(C(=O)C2Nc3ccc(S(=O)(=O)N4CCC(C)CC4)cc3C2C)CC1. The molecule has 1 amide bonds. The average molecular weight is 420 g/mol. The summed E-state index contributed by atoms with van der Waals surface area (Å²) in [5.74, 6) is 1.34. The summed E-state index contributed by atoms with van der Waals surface area (Å²) in [6.07, 6.45) is 3.92. The van der Waals surface area contributed by atoms with E-state index in [1.807, 2.05) is 17.9 Å². The van der Waals surface area contributed by atoms with Gasteiger partial charge in [0.15, 0.2) is 0 Å². The van der Waals surface area contributed by atoms with Crippen LogP contribution in [0.1, 0.15) is 57.9 Å². The maximum atomic E-state index is 13.1. The normalized spacial score (nSPS) is 26.9. The number of rotatable bonds is 3. The highest BCUT2D eigenvalue weighted by Crippen LogP contribution is 2.39. The molecule has 1 aromatic rings. The first-order valence-electron chi connectivity index (χ1n) is 11.0. The van der Waals surface area contributed by atoms with Crippen molar-refractivity contribution in [2.24, 2.45) is 11.8 Å². The fourth-order valence-electron chi connectivity index (χ4n) is 4.76. The summed E-state index contributed by atoms with van der Waals surface area (Å²) < 4.78 is 27.9. The van der Waals surface area contributed by atoms with E-state index in [0.29, 0.717) is 29.8 Å². The number of carbonyl (C=O) groups excluding carboxylic acids is 1. The molecule has 2 atom stereocenters. The highest BCUT2D eigenvalue weighted by atomic mass is 32.2. The van der Waals surface area contributed by atoms with Gasteiger partial charge in [-0.1, -0.05) is 20.8 Å². The lowest BCUT2D eigenvalue weighted by Crippen LogP contribution is -2.46. The van der Waals surface area contributed by atoms with Gasteiger partial charge in [-0.25, -0.2) is 8.42 Å². The number of likely N-dealkylation sites (tertiary alicyclic amines) is 1. The molecule has 160 valence electrons. The summed E-state index contributed by atoms with van der Waals surface area (Å²) in [5, 5.41) is 3.36. The maximum Gasteiger partial charge on any atom is 0.245 e. The smallest absolute Gasteiger partial charge is 0.245 e. The third-order valence-electron chi connectivity index (χ3n) is 7.07. The summed E-state index contributed by atoms with van der Waals surface area (Å²) in [6, 6.07) is 4.98. The predicted octanol–water partition coefficient (Wildman–Crippen LogP) is 3.26. The molecule has 2 saturated heterocycles. The first-order chi connectivity index (χ1) is 13.8. The van der Waals surface area contributed by atoms with Crippen LogP contribution in [0.25, 0.3) is 0 Å². The van der Waals surface area contributed by atoms with Crippen molar-refractivity contribution in [2.45, 2.75) is 63.3 Å². The summed E-state index contributed by atoms with van der Waals surface area (Å²) in [7, 11) is -3.48. The largest absolute Gasteiger partial charge is 0.373 e. The molecule has 1 aromatic carbocycles. The number of anilines is 1. The first-order valence-corrected chi connectivity index (χ1v) is 12.4. The summed E-state index contributed by atoms with van der Waals surface area (Å²) in [5.41, 5.74) is 1.81. The van der Waals surface area contributed by atoms with E-state index < -0.39 is 10.0 Å². The van der Waals surface area contributed by atoms with Crippen molar-refractivity contribution < 1.29 is 13.2 Å². The maximum absolute atomic E-state index is 13.1. The number of nitrogens with zero attached hydrogens (tertiary/aromatic N) is 2. The second-order valence-corrected chi connectivity index (χ2v) is 11.2. The Bertz CT molecular complexity index is 869. The molecule has 4 rings (SSSR count). The van der Waals surface area contributed by atoms with Crippen molar-refractivity contribution in [3.8, 4) is 0 Å². The number of amides is 1. The van der Waals surface area contributed by atoms with Crippen molar-refractivity contribution in [1.29, 1.82) is 0 Å². The van der Waals surface area contributed by atoms with E-state index in [9.17, 15) is 13.2 Å². The zero-order chi connectivity index (χ0) is 20.8. The van der Waals surface area contributed by atoms with Crippen molar-refractivity contribution in [1.82, 2.24) is 9.21 Å². The van der Waals surface area contributed by atoms with Crippen LogP contribution in [0, 0.1) is 11.8 Å². The van der Waals surface area contributed by atoms with E-state index in [0.717, 1.165) is 50.0 Å². The second-order valence-electron chi connectivity index (χ2n) is 9.25. The third kappa shape index (κ3) is 3.91. The highest BCUT2D eigenvalue weighted by molar-refractivity contribution is 7.89. The number of benzene rings is 1. The van der Waals surface area contributed by atoms with Gasteiger partial charge in [0.1, 0.15) is 6.04 Å². The van der Waals surface area contributed by atoms with Gasteiger partial charge < -0.3 is 10.2 Å². The molecule has 7 heteroatoms. The molecule has 0 bridgehead atoms. The molecule has 29 heavy (non-hydrogen) atoms. The minimum atomic E-state index is -3.48. The number of sulfonamides is 1. The molecule has 1 N–H and O–H groups in total. The van der Waals surface area contributed by atoms with Gasteiger partial charge in [-0.15, -0.1) is 0 Å². The average Bonchev–Trinajstić information content (AvgIpc) is 3.04. The summed E-state index contributed by atoms with van der Waals surface area (Å²) in [6.45, 7) is 9.23. The number of hydrogen-bond donors (Lipinski definition) is 1. The van der Waals surface area contributed by atoms with Crippen LogP contribution in [0.15, 0.2) is 23.1 Å². The Kier molecular flexibility index (Phi) is 5.64. The summed E-state index contributed by atoms with van der Waals surface area (Å²) in [4.78, 5) is 15.4. The van der Waals surface area contributed by atoms with E-state index >= 15 is 0 Å². The van der Waals surface area contributed by atoms with E-state index in [4.69, 9.17) is 0 Å². The number of fused-ring (bicyclic) bond motifs is 1. The quantitative estimate of drug-likeness (QED) is 0.816. The topological polar surface area (TPSA) is 69.7 Å². The Morgan fingerprint density at radius 2 is 1.55 bits per heavy atom. The monoisotopic (exact) mass is 419 g/mol. The molecule has 0 spiro atoms. The van der Waals surface area contributed by atoms with Crippen LogP contribution in [0.5, 0.6) is 0 Å². The van der Waals surface area contributed by atoms with Gasteiger partial charge in [-0.3, -0.25) is 4.79 Å². The first kappa shape index (κ1) is 20.7. The Balaban J connectivity index is 1.52. The lowest BCUT2D eigenvalue weighted by Gasteiger charge is -2.33. The molecule has 2 fully saturated rings. The molecular formula is C22H33N3O3S. The fraction of sp³-hybridized carbons (Fsp3) is 0.682. The molecule has 2 unspecified atom stereocenters. The molecule has 0 saturated carbocycles. The van der Waals surface area contributed by atoms with Crippen LogP contribution < -0.4 is 5.32 Å². The third-order valence-corrected chi connectivity index (χ3v) is 8.96. The molecule has 6 nitrogen and oxygen atoms in total.